The van der Waals surface area contributed by atoms with Gasteiger partial charge in [0.25, 0.3) is 5.91 Å². The molecule has 2 aromatic rings. The lowest BCUT2D eigenvalue weighted by atomic mass is 9.76. The topological polar surface area (TPSA) is 97.8 Å². The minimum absolute atomic E-state index is 0.196. The SMILES string of the molecule is O=C(NC1(C(=O)O)CCC1)c1csc(-c2ccc3c(c2)OCO3)n1. The summed E-state index contributed by atoms with van der Waals surface area (Å²) < 4.78 is 10.6. The molecule has 1 aromatic carbocycles. The number of aromatic nitrogens is 1. The summed E-state index contributed by atoms with van der Waals surface area (Å²) in [5.41, 5.74) is -0.0975. The fourth-order valence-electron chi connectivity index (χ4n) is 2.74. The number of nitrogens with one attached hydrogen (secondary N) is 1. The summed E-state index contributed by atoms with van der Waals surface area (Å²) >= 11 is 1.32. The Bertz CT molecular complexity index is 828. The number of carbonyl (C=O) groups is 2. The Labute approximate surface area is 141 Å². The van der Waals surface area contributed by atoms with Crippen LogP contribution in [0.5, 0.6) is 11.5 Å². The van der Waals surface area contributed by atoms with Gasteiger partial charge in [-0.1, -0.05) is 0 Å². The fourth-order valence-corrected chi connectivity index (χ4v) is 3.54. The first-order chi connectivity index (χ1) is 11.6. The van der Waals surface area contributed by atoms with Gasteiger partial charge in [-0.25, -0.2) is 9.78 Å². The second-order valence-electron chi connectivity index (χ2n) is 5.80. The highest BCUT2D eigenvalue weighted by atomic mass is 32.1. The van der Waals surface area contributed by atoms with Crippen molar-refractivity contribution in [2.45, 2.75) is 24.8 Å². The third-order valence-corrected chi connectivity index (χ3v) is 5.22. The summed E-state index contributed by atoms with van der Waals surface area (Å²) in [6, 6.07) is 5.46. The molecule has 1 aromatic heterocycles. The molecule has 1 amide bonds. The molecule has 4 rings (SSSR count). The van der Waals surface area contributed by atoms with Crippen LogP contribution in [0, 0.1) is 0 Å². The molecule has 0 atom stereocenters. The third kappa shape index (κ3) is 2.39. The molecule has 0 saturated heterocycles. The van der Waals surface area contributed by atoms with Crippen LogP contribution in [0.1, 0.15) is 29.8 Å². The number of fused-ring (bicyclic) bond motifs is 1. The first-order valence-electron chi connectivity index (χ1n) is 7.49. The summed E-state index contributed by atoms with van der Waals surface area (Å²) in [6.07, 6.45) is 1.70. The molecule has 2 aliphatic rings. The highest BCUT2D eigenvalue weighted by Gasteiger charge is 2.46. The first-order valence-corrected chi connectivity index (χ1v) is 8.37. The quantitative estimate of drug-likeness (QED) is 0.881. The van der Waals surface area contributed by atoms with Crippen LogP contribution >= 0.6 is 11.3 Å². The van der Waals surface area contributed by atoms with Crippen molar-refractivity contribution in [3.63, 3.8) is 0 Å². The summed E-state index contributed by atoms with van der Waals surface area (Å²) in [4.78, 5) is 28.0. The van der Waals surface area contributed by atoms with E-state index in [1.807, 2.05) is 12.1 Å². The number of benzene rings is 1. The molecule has 0 spiro atoms. The van der Waals surface area contributed by atoms with Gasteiger partial charge in [0.15, 0.2) is 11.5 Å². The standard InChI is InChI=1S/C16H14N2O5S/c19-13(18-16(15(20)21)4-1-5-16)10-7-24-14(17-10)9-2-3-11-12(6-9)23-8-22-11/h2-3,6-7H,1,4-5,8H2,(H,18,19)(H,20,21). The zero-order chi connectivity index (χ0) is 16.7. The summed E-state index contributed by atoms with van der Waals surface area (Å²) in [5, 5.41) is 14.2. The molecule has 124 valence electrons. The molecule has 1 aliphatic carbocycles. The van der Waals surface area contributed by atoms with Gasteiger partial charge in [-0.3, -0.25) is 4.79 Å². The van der Waals surface area contributed by atoms with E-state index in [9.17, 15) is 14.7 Å². The van der Waals surface area contributed by atoms with E-state index in [1.54, 1.807) is 11.4 Å². The Morgan fingerprint density at radius 3 is 2.75 bits per heavy atom. The highest BCUT2D eigenvalue weighted by molar-refractivity contribution is 7.13. The maximum absolute atomic E-state index is 12.3. The van der Waals surface area contributed by atoms with Gasteiger partial charge < -0.3 is 19.9 Å². The fraction of sp³-hybridized carbons (Fsp3) is 0.312. The van der Waals surface area contributed by atoms with Gasteiger partial charge in [0.05, 0.1) is 0 Å². The molecule has 8 heteroatoms. The van der Waals surface area contributed by atoms with Gasteiger partial charge >= 0.3 is 5.97 Å². The highest BCUT2D eigenvalue weighted by Crippen LogP contribution is 2.37. The van der Waals surface area contributed by atoms with E-state index in [-0.39, 0.29) is 12.5 Å². The number of amides is 1. The molecule has 0 bridgehead atoms. The van der Waals surface area contributed by atoms with Crippen LogP contribution in [-0.2, 0) is 4.79 Å². The Kier molecular flexibility index (Phi) is 3.42. The smallest absolute Gasteiger partial charge is 0.329 e. The monoisotopic (exact) mass is 346 g/mol. The van der Waals surface area contributed by atoms with Crippen LogP contribution in [0.2, 0.25) is 0 Å². The lowest BCUT2D eigenvalue weighted by molar-refractivity contribution is -0.148. The third-order valence-electron chi connectivity index (χ3n) is 4.33. The predicted molar refractivity (Wildman–Crippen MR) is 85.4 cm³/mol. The number of carboxylic acid groups (broad SMARTS) is 1. The molecule has 1 aliphatic heterocycles. The van der Waals surface area contributed by atoms with Crippen molar-refractivity contribution in [2.24, 2.45) is 0 Å². The number of carbonyl (C=O) groups excluding carboxylic acids is 1. The van der Waals surface area contributed by atoms with Crippen LogP contribution in [0.4, 0.5) is 0 Å². The molecule has 0 unspecified atom stereocenters. The van der Waals surface area contributed by atoms with E-state index in [0.717, 1.165) is 12.0 Å². The molecular formula is C16H14N2O5S. The maximum Gasteiger partial charge on any atom is 0.329 e. The number of ether oxygens (including phenoxy) is 2. The largest absolute Gasteiger partial charge is 0.480 e. The molecule has 2 heterocycles. The van der Waals surface area contributed by atoms with Crippen LogP contribution in [0.15, 0.2) is 23.6 Å². The zero-order valence-corrected chi connectivity index (χ0v) is 13.4. The Balaban J connectivity index is 1.54. The lowest BCUT2D eigenvalue weighted by Crippen LogP contribution is -2.59. The summed E-state index contributed by atoms with van der Waals surface area (Å²) in [5.74, 6) is -0.122. The van der Waals surface area contributed by atoms with E-state index in [1.165, 1.54) is 11.3 Å². The second-order valence-corrected chi connectivity index (χ2v) is 6.66. The normalized spacial score (nSPS) is 17.2. The number of nitrogens with zero attached hydrogens (tertiary/aromatic N) is 1. The van der Waals surface area contributed by atoms with Gasteiger partial charge in [0, 0.05) is 10.9 Å². The van der Waals surface area contributed by atoms with E-state index in [2.05, 4.69) is 10.3 Å². The number of hydrogen-bond donors (Lipinski definition) is 2. The lowest BCUT2D eigenvalue weighted by Gasteiger charge is -2.37. The zero-order valence-electron chi connectivity index (χ0n) is 12.6. The minimum atomic E-state index is -1.14. The average molecular weight is 346 g/mol. The van der Waals surface area contributed by atoms with Crippen molar-refractivity contribution in [3.05, 3.63) is 29.3 Å². The molecule has 2 N–H and O–H groups in total. The van der Waals surface area contributed by atoms with Crippen LogP contribution in [0.3, 0.4) is 0 Å². The molecular weight excluding hydrogens is 332 g/mol. The Hall–Kier alpha value is -2.61. The van der Waals surface area contributed by atoms with E-state index < -0.39 is 17.4 Å². The van der Waals surface area contributed by atoms with Crippen LogP contribution in [0.25, 0.3) is 10.6 Å². The summed E-state index contributed by atoms with van der Waals surface area (Å²) in [6.45, 7) is 0.196. The molecule has 1 saturated carbocycles. The molecule has 0 radical (unpaired) electrons. The van der Waals surface area contributed by atoms with Crippen molar-refractivity contribution < 1.29 is 24.2 Å². The maximum atomic E-state index is 12.3. The van der Waals surface area contributed by atoms with Crippen LogP contribution in [-0.4, -0.2) is 34.3 Å². The average Bonchev–Trinajstić information content (AvgIpc) is 3.18. The van der Waals surface area contributed by atoms with E-state index in [0.29, 0.717) is 29.3 Å². The van der Waals surface area contributed by atoms with Gasteiger partial charge in [-0.05, 0) is 37.5 Å². The molecule has 7 nitrogen and oxygen atoms in total. The van der Waals surface area contributed by atoms with Gasteiger partial charge in [0.1, 0.15) is 16.2 Å². The second kappa shape index (κ2) is 5.48. The van der Waals surface area contributed by atoms with Gasteiger partial charge in [-0.2, -0.15) is 0 Å². The Morgan fingerprint density at radius 2 is 2.04 bits per heavy atom. The number of hydrogen-bond acceptors (Lipinski definition) is 6. The van der Waals surface area contributed by atoms with Crippen molar-refractivity contribution in [1.82, 2.24) is 10.3 Å². The minimum Gasteiger partial charge on any atom is -0.480 e. The van der Waals surface area contributed by atoms with Crippen molar-refractivity contribution in [2.75, 3.05) is 6.79 Å². The van der Waals surface area contributed by atoms with E-state index >= 15 is 0 Å². The van der Waals surface area contributed by atoms with E-state index in [4.69, 9.17) is 9.47 Å². The first kappa shape index (κ1) is 14.9. The summed E-state index contributed by atoms with van der Waals surface area (Å²) in [7, 11) is 0. The number of carboxylic acids is 1. The predicted octanol–water partition coefficient (Wildman–Crippen LogP) is 2.28. The van der Waals surface area contributed by atoms with Gasteiger partial charge in [-0.15, -0.1) is 11.3 Å². The number of aliphatic carboxylic acids is 1. The van der Waals surface area contributed by atoms with Crippen molar-refractivity contribution >= 4 is 23.2 Å². The Morgan fingerprint density at radius 1 is 1.25 bits per heavy atom. The van der Waals surface area contributed by atoms with Crippen LogP contribution < -0.4 is 14.8 Å². The number of thiazole rings is 1. The molecule has 1 fully saturated rings. The number of rotatable bonds is 4. The van der Waals surface area contributed by atoms with Gasteiger partial charge in [0.2, 0.25) is 6.79 Å². The van der Waals surface area contributed by atoms with Crippen molar-refractivity contribution in [3.8, 4) is 22.1 Å². The molecule has 24 heavy (non-hydrogen) atoms. The van der Waals surface area contributed by atoms with Crippen molar-refractivity contribution in [1.29, 1.82) is 0 Å².